The summed E-state index contributed by atoms with van der Waals surface area (Å²) in [6, 6.07) is 0. The lowest BCUT2D eigenvalue weighted by Gasteiger charge is -2.28. The molecule has 0 unspecified atom stereocenters. The molecule has 0 atom stereocenters. The van der Waals surface area contributed by atoms with E-state index in [4.69, 9.17) is 4.74 Å². The Kier molecular flexibility index (Phi) is 5.73. The quantitative estimate of drug-likeness (QED) is 0.858. The monoisotopic (exact) mass is 278 g/mol. The SMILES string of the molecule is CC(C)CNCc1cncc(OC2CCN(C)CC2)n1. The summed E-state index contributed by atoms with van der Waals surface area (Å²) in [7, 11) is 2.15. The van der Waals surface area contributed by atoms with Gasteiger partial charge < -0.3 is 15.0 Å². The Morgan fingerprint density at radius 2 is 2.10 bits per heavy atom. The highest BCUT2D eigenvalue weighted by Crippen LogP contribution is 2.15. The third-order valence-corrected chi connectivity index (χ3v) is 3.47. The predicted molar refractivity (Wildman–Crippen MR) is 79.7 cm³/mol. The predicted octanol–water partition coefficient (Wildman–Crippen LogP) is 1.70. The molecule has 112 valence electrons. The molecule has 0 bridgehead atoms. The summed E-state index contributed by atoms with van der Waals surface area (Å²) >= 11 is 0. The molecule has 0 amide bonds. The zero-order valence-corrected chi connectivity index (χ0v) is 12.8. The van der Waals surface area contributed by atoms with Gasteiger partial charge in [-0.05, 0) is 32.4 Å². The molecule has 1 N–H and O–H groups in total. The molecule has 5 nitrogen and oxygen atoms in total. The number of aromatic nitrogens is 2. The van der Waals surface area contributed by atoms with Gasteiger partial charge in [-0.1, -0.05) is 13.8 Å². The van der Waals surface area contributed by atoms with Crippen LogP contribution in [-0.4, -0.2) is 47.7 Å². The normalized spacial score (nSPS) is 17.6. The fraction of sp³-hybridized carbons (Fsp3) is 0.733. The summed E-state index contributed by atoms with van der Waals surface area (Å²) in [6.07, 6.45) is 5.92. The largest absolute Gasteiger partial charge is 0.473 e. The second kappa shape index (κ2) is 7.55. The van der Waals surface area contributed by atoms with Crippen LogP contribution in [0.2, 0.25) is 0 Å². The van der Waals surface area contributed by atoms with Crippen molar-refractivity contribution in [2.75, 3.05) is 26.7 Å². The van der Waals surface area contributed by atoms with Crippen molar-refractivity contribution in [3.63, 3.8) is 0 Å². The number of ether oxygens (including phenoxy) is 1. The smallest absolute Gasteiger partial charge is 0.232 e. The molecule has 1 aromatic heterocycles. The summed E-state index contributed by atoms with van der Waals surface area (Å²) < 4.78 is 5.94. The van der Waals surface area contributed by atoms with E-state index < -0.39 is 0 Å². The van der Waals surface area contributed by atoms with Crippen LogP contribution in [0.15, 0.2) is 12.4 Å². The lowest BCUT2D eigenvalue weighted by Crippen LogP contribution is -2.35. The minimum atomic E-state index is 0.277. The molecule has 0 spiro atoms. The van der Waals surface area contributed by atoms with Crippen LogP contribution in [0, 0.1) is 5.92 Å². The van der Waals surface area contributed by atoms with Crippen molar-refractivity contribution in [1.82, 2.24) is 20.2 Å². The molecule has 20 heavy (non-hydrogen) atoms. The summed E-state index contributed by atoms with van der Waals surface area (Å²) in [4.78, 5) is 11.1. The number of piperidine rings is 1. The van der Waals surface area contributed by atoms with Crippen LogP contribution in [0.3, 0.4) is 0 Å². The Balaban J connectivity index is 1.82. The van der Waals surface area contributed by atoms with E-state index in [0.717, 1.165) is 44.7 Å². The molecule has 2 heterocycles. The Hall–Kier alpha value is -1.20. The van der Waals surface area contributed by atoms with Crippen molar-refractivity contribution in [2.24, 2.45) is 5.92 Å². The van der Waals surface area contributed by atoms with Gasteiger partial charge >= 0.3 is 0 Å². The second-order valence-electron chi connectivity index (χ2n) is 5.99. The molecular formula is C15H26N4O. The number of rotatable bonds is 6. The van der Waals surface area contributed by atoms with Crippen molar-refractivity contribution in [3.05, 3.63) is 18.1 Å². The molecule has 0 radical (unpaired) electrons. The number of nitrogens with zero attached hydrogens (tertiary/aromatic N) is 3. The van der Waals surface area contributed by atoms with E-state index in [0.29, 0.717) is 11.8 Å². The van der Waals surface area contributed by atoms with E-state index in [2.05, 4.69) is 41.1 Å². The van der Waals surface area contributed by atoms with Gasteiger partial charge in [-0.15, -0.1) is 0 Å². The molecular weight excluding hydrogens is 252 g/mol. The van der Waals surface area contributed by atoms with Crippen molar-refractivity contribution in [1.29, 1.82) is 0 Å². The summed E-state index contributed by atoms with van der Waals surface area (Å²) in [5.74, 6) is 1.30. The maximum Gasteiger partial charge on any atom is 0.232 e. The first-order valence-corrected chi connectivity index (χ1v) is 7.50. The van der Waals surface area contributed by atoms with Crippen LogP contribution < -0.4 is 10.1 Å². The van der Waals surface area contributed by atoms with Crippen molar-refractivity contribution < 1.29 is 4.74 Å². The van der Waals surface area contributed by atoms with Gasteiger partial charge in [0.05, 0.1) is 11.9 Å². The fourth-order valence-electron chi connectivity index (χ4n) is 2.29. The standard InChI is InChI=1S/C15H26N4O/c1-12(2)8-16-9-13-10-17-11-15(18-13)20-14-4-6-19(3)7-5-14/h10-12,14,16H,4-9H2,1-3H3. The number of nitrogens with one attached hydrogen (secondary N) is 1. The maximum atomic E-state index is 5.94. The molecule has 2 rings (SSSR count). The number of likely N-dealkylation sites (tertiary alicyclic amines) is 1. The molecule has 1 aliphatic heterocycles. The van der Waals surface area contributed by atoms with E-state index >= 15 is 0 Å². The topological polar surface area (TPSA) is 50.3 Å². The first-order valence-electron chi connectivity index (χ1n) is 7.50. The first kappa shape index (κ1) is 15.2. The molecule has 0 saturated carbocycles. The zero-order chi connectivity index (χ0) is 14.4. The molecule has 1 aliphatic rings. The number of hydrogen-bond acceptors (Lipinski definition) is 5. The van der Waals surface area contributed by atoms with Gasteiger partial charge in [0, 0.05) is 25.8 Å². The molecule has 1 aromatic rings. The highest BCUT2D eigenvalue weighted by atomic mass is 16.5. The highest BCUT2D eigenvalue weighted by Gasteiger charge is 2.18. The van der Waals surface area contributed by atoms with Gasteiger partial charge in [-0.3, -0.25) is 4.98 Å². The summed E-state index contributed by atoms with van der Waals surface area (Å²) in [5, 5.41) is 3.37. The third-order valence-electron chi connectivity index (χ3n) is 3.47. The molecule has 0 aromatic carbocycles. The van der Waals surface area contributed by atoms with E-state index in [1.165, 1.54) is 0 Å². The maximum absolute atomic E-state index is 5.94. The van der Waals surface area contributed by atoms with Gasteiger partial charge in [0.2, 0.25) is 5.88 Å². The van der Waals surface area contributed by atoms with E-state index in [-0.39, 0.29) is 6.10 Å². The van der Waals surface area contributed by atoms with Gasteiger partial charge in [0.1, 0.15) is 6.10 Å². The fourth-order valence-corrected chi connectivity index (χ4v) is 2.29. The lowest BCUT2D eigenvalue weighted by molar-refractivity contribution is 0.109. The molecule has 5 heteroatoms. The Labute approximate surface area is 121 Å². The van der Waals surface area contributed by atoms with E-state index in [1.54, 1.807) is 12.4 Å². The molecule has 0 aliphatic carbocycles. The second-order valence-corrected chi connectivity index (χ2v) is 5.99. The number of hydrogen-bond donors (Lipinski definition) is 1. The van der Waals surface area contributed by atoms with Crippen LogP contribution in [-0.2, 0) is 6.54 Å². The van der Waals surface area contributed by atoms with Crippen molar-refractivity contribution >= 4 is 0 Å². The highest BCUT2D eigenvalue weighted by molar-refractivity contribution is 5.09. The first-order chi connectivity index (χ1) is 9.63. The summed E-state index contributed by atoms with van der Waals surface area (Å²) in [6.45, 7) is 8.30. The third kappa shape index (κ3) is 5.06. The Morgan fingerprint density at radius 3 is 2.80 bits per heavy atom. The summed E-state index contributed by atoms with van der Waals surface area (Å²) in [5.41, 5.74) is 0.941. The van der Waals surface area contributed by atoms with E-state index in [9.17, 15) is 0 Å². The van der Waals surface area contributed by atoms with Crippen LogP contribution >= 0.6 is 0 Å². The van der Waals surface area contributed by atoms with Crippen LogP contribution in [0.4, 0.5) is 0 Å². The zero-order valence-electron chi connectivity index (χ0n) is 12.8. The molecule has 1 saturated heterocycles. The van der Waals surface area contributed by atoms with Crippen molar-refractivity contribution in [3.8, 4) is 5.88 Å². The van der Waals surface area contributed by atoms with Crippen LogP contribution in [0.5, 0.6) is 5.88 Å². The average Bonchev–Trinajstić information content (AvgIpc) is 2.41. The Bertz CT molecular complexity index is 403. The Morgan fingerprint density at radius 1 is 1.35 bits per heavy atom. The van der Waals surface area contributed by atoms with E-state index in [1.807, 2.05) is 0 Å². The lowest BCUT2D eigenvalue weighted by atomic mass is 10.1. The van der Waals surface area contributed by atoms with Gasteiger partial charge in [0.15, 0.2) is 0 Å². The van der Waals surface area contributed by atoms with Crippen molar-refractivity contribution in [2.45, 2.75) is 39.3 Å². The minimum Gasteiger partial charge on any atom is -0.473 e. The minimum absolute atomic E-state index is 0.277. The van der Waals surface area contributed by atoms with Crippen LogP contribution in [0.25, 0.3) is 0 Å². The van der Waals surface area contributed by atoms with Gasteiger partial charge in [0.25, 0.3) is 0 Å². The van der Waals surface area contributed by atoms with Gasteiger partial charge in [-0.2, -0.15) is 0 Å². The van der Waals surface area contributed by atoms with Gasteiger partial charge in [-0.25, -0.2) is 4.98 Å². The van der Waals surface area contributed by atoms with Crippen LogP contribution in [0.1, 0.15) is 32.4 Å². The molecule has 1 fully saturated rings. The average molecular weight is 278 g/mol.